The third-order valence-corrected chi connectivity index (χ3v) is 11.6. The molecule has 12 heteroatoms. The van der Waals surface area contributed by atoms with E-state index in [9.17, 15) is 19.2 Å². The van der Waals surface area contributed by atoms with Gasteiger partial charge < -0.3 is 30.9 Å². The van der Waals surface area contributed by atoms with E-state index in [0.29, 0.717) is 31.8 Å². The number of thioether (sulfide) groups is 1. The molecular formula is C39H68N6O5S. The Hall–Kier alpha value is -2.67. The number of ether oxygens (including phenoxy) is 1. The van der Waals surface area contributed by atoms with E-state index >= 15 is 0 Å². The van der Waals surface area contributed by atoms with Crippen molar-refractivity contribution in [1.29, 1.82) is 0 Å². The Kier molecular flexibility index (Phi) is 19.5. The summed E-state index contributed by atoms with van der Waals surface area (Å²) in [6, 6.07) is 8.47. The van der Waals surface area contributed by atoms with E-state index in [2.05, 4.69) is 36.6 Å². The molecule has 0 bridgehead atoms. The number of benzene rings is 1. The van der Waals surface area contributed by atoms with Crippen molar-refractivity contribution in [2.24, 2.45) is 23.5 Å². The molecule has 0 saturated carbocycles. The molecule has 1 aliphatic heterocycles. The second-order valence-corrected chi connectivity index (χ2v) is 16.3. The molecule has 0 aromatic heterocycles. The van der Waals surface area contributed by atoms with E-state index in [-0.39, 0.29) is 65.1 Å². The van der Waals surface area contributed by atoms with Gasteiger partial charge in [-0.3, -0.25) is 24.1 Å². The number of nitrogens with one attached hydrogen (secondary N) is 2. The lowest BCUT2D eigenvalue weighted by atomic mass is 9.89. The first-order chi connectivity index (χ1) is 24.2. The van der Waals surface area contributed by atoms with Crippen molar-refractivity contribution in [3.05, 3.63) is 35.9 Å². The Balaban J connectivity index is 2.22. The second kappa shape index (κ2) is 22.4. The number of hydrogen-bond acceptors (Lipinski definition) is 8. The number of likely N-dealkylation sites (tertiary alicyclic amines) is 1. The zero-order valence-electron chi connectivity index (χ0n) is 33.0. The number of likely N-dealkylation sites (N-methyl/N-ethyl adjacent to an activating group) is 2. The van der Waals surface area contributed by atoms with E-state index < -0.39 is 18.2 Å². The molecule has 1 aromatic rings. The Bertz CT molecular complexity index is 1210. The van der Waals surface area contributed by atoms with Gasteiger partial charge in [-0.2, -0.15) is 11.8 Å². The SMILES string of the molecule is CCC(C)C(C(CC(=O)N1CCCC1C(CC(=O)NCCc1ccccc1)SCCN)OC)N(C)C(=O)C(NC(=O)C(C(C)C)N(C)C)C(C)C. The highest BCUT2D eigenvalue weighted by Crippen LogP contribution is 2.32. The fourth-order valence-electron chi connectivity index (χ4n) is 7.38. The molecule has 11 nitrogen and oxygen atoms in total. The number of carbonyl (C=O) groups is 4. The van der Waals surface area contributed by atoms with Crippen LogP contribution in [0.5, 0.6) is 0 Å². The van der Waals surface area contributed by atoms with Gasteiger partial charge in [0.25, 0.3) is 0 Å². The summed E-state index contributed by atoms with van der Waals surface area (Å²) >= 11 is 1.66. The standard InChI is InChI=1S/C39H68N6O5S/c1-11-28(6)37(44(9)39(49)35(26(2)3)42-38(48)36(27(4)5)43(7)8)31(50-10)24-34(47)45-22-15-18-30(45)32(51-23-20-40)25-33(46)41-21-19-29-16-13-12-14-17-29/h12-14,16-17,26-28,30-32,35-37H,11,15,18-25,40H2,1-10H3,(H,41,46)(H,42,48). The maximum Gasteiger partial charge on any atom is 0.245 e. The molecular weight excluding hydrogens is 665 g/mol. The number of nitrogens with two attached hydrogens (primary N) is 1. The van der Waals surface area contributed by atoms with Gasteiger partial charge in [0.2, 0.25) is 23.6 Å². The summed E-state index contributed by atoms with van der Waals surface area (Å²) in [7, 11) is 7.10. The van der Waals surface area contributed by atoms with Crippen LogP contribution in [0, 0.1) is 17.8 Å². The fraction of sp³-hybridized carbons (Fsp3) is 0.744. The average molecular weight is 733 g/mol. The molecule has 0 spiro atoms. The summed E-state index contributed by atoms with van der Waals surface area (Å²) in [6.07, 6.45) is 3.05. The summed E-state index contributed by atoms with van der Waals surface area (Å²) in [5.74, 6) is 0.189. The molecule has 1 aromatic carbocycles. The van der Waals surface area contributed by atoms with Crippen LogP contribution in [-0.4, -0.2) is 127 Å². The second-order valence-electron chi connectivity index (χ2n) is 15.0. The molecule has 2 rings (SSSR count). The summed E-state index contributed by atoms with van der Waals surface area (Å²) in [5.41, 5.74) is 7.06. The van der Waals surface area contributed by atoms with Crippen molar-refractivity contribution in [2.45, 2.75) is 116 Å². The van der Waals surface area contributed by atoms with Crippen LogP contribution in [0.3, 0.4) is 0 Å². The number of carbonyl (C=O) groups excluding carboxylic acids is 4. The quantitative estimate of drug-likeness (QED) is 0.164. The first-order valence-corrected chi connectivity index (χ1v) is 19.9. The average Bonchev–Trinajstić information content (AvgIpc) is 3.58. The molecule has 1 heterocycles. The van der Waals surface area contributed by atoms with Crippen LogP contribution in [0.25, 0.3) is 0 Å². The number of methoxy groups -OCH3 is 1. The number of hydrogen-bond donors (Lipinski definition) is 3. The van der Waals surface area contributed by atoms with Crippen molar-refractivity contribution >= 4 is 35.4 Å². The number of nitrogens with zero attached hydrogens (tertiary/aromatic N) is 3. The highest BCUT2D eigenvalue weighted by molar-refractivity contribution is 8.00. The summed E-state index contributed by atoms with van der Waals surface area (Å²) in [4.78, 5) is 60.4. The first-order valence-electron chi connectivity index (χ1n) is 18.9. The minimum Gasteiger partial charge on any atom is -0.379 e. The van der Waals surface area contributed by atoms with Gasteiger partial charge in [-0.25, -0.2) is 0 Å². The van der Waals surface area contributed by atoms with Gasteiger partial charge in [-0.05, 0) is 56.7 Å². The maximum absolute atomic E-state index is 14.2. The topological polar surface area (TPSA) is 137 Å². The predicted octanol–water partition coefficient (Wildman–Crippen LogP) is 3.79. The van der Waals surface area contributed by atoms with Gasteiger partial charge >= 0.3 is 0 Å². The first kappa shape index (κ1) is 44.5. The van der Waals surface area contributed by atoms with Crippen LogP contribution < -0.4 is 16.4 Å². The number of amides is 4. The smallest absolute Gasteiger partial charge is 0.245 e. The Labute approximate surface area is 312 Å². The zero-order chi connectivity index (χ0) is 38.2. The van der Waals surface area contributed by atoms with E-state index in [1.165, 1.54) is 5.56 Å². The third kappa shape index (κ3) is 13.4. The van der Waals surface area contributed by atoms with E-state index in [4.69, 9.17) is 10.5 Å². The summed E-state index contributed by atoms with van der Waals surface area (Å²) in [6.45, 7) is 13.7. The van der Waals surface area contributed by atoms with Gasteiger partial charge in [0, 0.05) is 57.3 Å². The molecule has 1 fully saturated rings. The zero-order valence-corrected chi connectivity index (χ0v) is 33.8. The monoisotopic (exact) mass is 732 g/mol. The van der Waals surface area contributed by atoms with Crippen LogP contribution in [0.15, 0.2) is 30.3 Å². The summed E-state index contributed by atoms with van der Waals surface area (Å²) in [5, 5.41) is 6.05. The molecule has 1 aliphatic rings. The van der Waals surface area contributed by atoms with E-state index in [0.717, 1.165) is 25.7 Å². The van der Waals surface area contributed by atoms with Crippen LogP contribution in [0.1, 0.15) is 79.2 Å². The van der Waals surface area contributed by atoms with Crippen molar-refractivity contribution in [1.82, 2.24) is 25.3 Å². The molecule has 290 valence electrons. The molecule has 1 saturated heterocycles. The van der Waals surface area contributed by atoms with Gasteiger partial charge in [0.15, 0.2) is 0 Å². The minimum atomic E-state index is -0.731. The van der Waals surface area contributed by atoms with Gasteiger partial charge in [0.05, 0.1) is 24.6 Å². The van der Waals surface area contributed by atoms with Crippen LogP contribution in [0.2, 0.25) is 0 Å². The van der Waals surface area contributed by atoms with E-state index in [1.54, 1.807) is 30.8 Å². The lowest BCUT2D eigenvalue weighted by Crippen LogP contribution is -2.59. The predicted molar refractivity (Wildman–Crippen MR) is 208 cm³/mol. The molecule has 4 N–H and O–H groups in total. The summed E-state index contributed by atoms with van der Waals surface area (Å²) < 4.78 is 6.04. The largest absolute Gasteiger partial charge is 0.379 e. The van der Waals surface area contributed by atoms with Gasteiger partial charge in [-0.15, -0.1) is 0 Å². The molecule has 0 radical (unpaired) electrons. The fourth-order valence-corrected chi connectivity index (χ4v) is 8.60. The van der Waals surface area contributed by atoms with Crippen LogP contribution >= 0.6 is 11.8 Å². The van der Waals surface area contributed by atoms with Crippen molar-refractivity contribution in [3.63, 3.8) is 0 Å². The molecule has 0 aliphatic carbocycles. The molecule has 4 amide bonds. The van der Waals surface area contributed by atoms with Crippen molar-refractivity contribution in [3.8, 4) is 0 Å². The molecule has 7 atom stereocenters. The van der Waals surface area contributed by atoms with Gasteiger partial charge in [-0.1, -0.05) is 78.3 Å². The molecule has 7 unspecified atom stereocenters. The van der Waals surface area contributed by atoms with E-state index in [1.807, 2.05) is 69.8 Å². The van der Waals surface area contributed by atoms with Gasteiger partial charge in [0.1, 0.15) is 6.04 Å². The normalized spacial score (nSPS) is 18.3. The third-order valence-electron chi connectivity index (χ3n) is 10.2. The maximum atomic E-state index is 14.2. The Morgan fingerprint density at radius 3 is 2.24 bits per heavy atom. The Morgan fingerprint density at radius 2 is 1.69 bits per heavy atom. The number of rotatable bonds is 22. The minimum absolute atomic E-state index is 0.0206. The van der Waals surface area contributed by atoms with Crippen molar-refractivity contribution in [2.75, 3.05) is 53.6 Å². The van der Waals surface area contributed by atoms with Crippen LogP contribution in [-0.2, 0) is 30.3 Å². The van der Waals surface area contributed by atoms with Crippen molar-refractivity contribution < 1.29 is 23.9 Å². The highest BCUT2D eigenvalue weighted by atomic mass is 32.2. The lowest BCUT2D eigenvalue weighted by Gasteiger charge is -2.41. The van der Waals surface area contributed by atoms with Crippen LogP contribution in [0.4, 0.5) is 0 Å². The Morgan fingerprint density at radius 1 is 1.02 bits per heavy atom. The lowest BCUT2D eigenvalue weighted by molar-refractivity contribution is -0.146. The highest BCUT2D eigenvalue weighted by Gasteiger charge is 2.41. The molecule has 51 heavy (non-hydrogen) atoms.